The van der Waals surface area contributed by atoms with E-state index in [9.17, 15) is 9.59 Å². The lowest BCUT2D eigenvalue weighted by atomic mass is 9.97. The third kappa shape index (κ3) is 3.71. The fourth-order valence-electron chi connectivity index (χ4n) is 3.28. The Kier molecular flexibility index (Phi) is 4.52. The van der Waals surface area contributed by atoms with Crippen molar-refractivity contribution in [3.8, 4) is 0 Å². The van der Waals surface area contributed by atoms with Crippen molar-refractivity contribution < 1.29 is 14.3 Å². The van der Waals surface area contributed by atoms with Crippen LogP contribution < -0.4 is 0 Å². The Morgan fingerprint density at radius 2 is 1.71 bits per heavy atom. The van der Waals surface area contributed by atoms with Crippen LogP contribution in [-0.2, 0) is 17.7 Å². The third-order valence-electron chi connectivity index (χ3n) is 4.51. The summed E-state index contributed by atoms with van der Waals surface area (Å²) in [6, 6.07) is 5.90. The number of ether oxygens (including phenoxy) is 1. The van der Waals surface area contributed by atoms with Crippen molar-refractivity contribution in [1.82, 2.24) is 9.80 Å². The second-order valence-corrected chi connectivity index (χ2v) is 7.63. The number of carbonyl (C=O) groups is 2. The van der Waals surface area contributed by atoms with Gasteiger partial charge in [0.15, 0.2) is 0 Å². The minimum atomic E-state index is -0.495. The van der Waals surface area contributed by atoms with Crippen molar-refractivity contribution in [2.75, 3.05) is 19.6 Å². The first kappa shape index (κ1) is 16.8. The van der Waals surface area contributed by atoms with E-state index in [1.54, 1.807) is 4.90 Å². The van der Waals surface area contributed by atoms with Gasteiger partial charge in [-0.05, 0) is 63.3 Å². The molecule has 0 aliphatic carbocycles. The van der Waals surface area contributed by atoms with Crippen molar-refractivity contribution in [3.05, 3.63) is 34.9 Å². The molecule has 0 aromatic heterocycles. The molecule has 1 fully saturated rings. The highest BCUT2D eigenvalue weighted by Crippen LogP contribution is 2.23. The predicted octanol–water partition coefficient (Wildman–Crippen LogP) is 3.22. The monoisotopic (exact) mass is 330 g/mol. The first-order valence-corrected chi connectivity index (χ1v) is 8.72. The first-order chi connectivity index (χ1) is 11.3. The van der Waals surface area contributed by atoms with Crippen LogP contribution in [0.4, 0.5) is 4.79 Å². The van der Waals surface area contributed by atoms with Gasteiger partial charge in [0.2, 0.25) is 0 Å². The van der Waals surface area contributed by atoms with Crippen LogP contribution in [0.25, 0.3) is 0 Å². The standard InChI is InChI=1S/C19H26N2O3/c1-19(2,3)24-18(23)21-11-8-14-6-7-15(12-16(14)13-21)17(22)20-9-4-5-10-20/h6-7,12H,4-5,8-11,13H2,1-3H3. The summed E-state index contributed by atoms with van der Waals surface area (Å²) in [5.74, 6) is 0.102. The molecule has 2 amide bonds. The van der Waals surface area contributed by atoms with E-state index in [2.05, 4.69) is 0 Å². The molecule has 0 spiro atoms. The molecule has 1 aromatic rings. The topological polar surface area (TPSA) is 49.9 Å². The Bertz CT molecular complexity index is 643. The normalized spacial score (nSPS) is 17.6. The zero-order valence-electron chi connectivity index (χ0n) is 14.8. The fourth-order valence-corrected chi connectivity index (χ4v) is 3.28. The summed E-state index contributed by atoms with van der Waals surface area (Å²) >= 11 is 0. The Balaban J connectivity index is 1.74. The second kappa shape index (κ2) is 6.46. The number of carbonyl (C=O) groups excluding carboxylic acids is 2. The molecule has 24 heavy (non-hydrogen) atoms. The third-order valence-corrected chi connectivity index (χ3v) is 4.51. The van der Waals surface area contributed by atoms with Crippen LogP contribution in [0.15, 0.2) is 18.2 Å². The summed E-state index contributed by atoms with van der Waals surface area (Å²) in [6.45, 7) is 8.47. The highest BCUT2D eigenvalue weighted by atomic mass is 16.6. The molecule has 0 atom stereocenters. The molecule has 5 nitrogen and oxygen atoms in total. The number of hydrogen-bond acceptors (Lipinski definition) is 3. The summed E-state index contributed by atoms with van der Waals surface area (Å²) in [5.41, 5.74) is 2.50. The van der Waals surface area contributed by atoms with Crippen LogP contribution in [0.1, 0.15) is 55.1 Å². The Morgan fingerprint density at radius 3 is 2.38 bits per heavy atom. The quantitative estimate of drug-likeness (QED) is 0.794. The minimum Gasteiger partial charge on any atom is -0.444 e. The fraction of sp³-hybridized carbons (Fsp3) is 0.579. The largest absolute Gasteiger partial charge is 0.444 e. The van der Waals surface area contributed by atoms with Gasteiger partial charge < -0.3 is 14.5 Å². The van der Waals surface area contributed by atoms with Gasteiger partial charge >= 0.3 is 6.09 Å². The van der Waals surface area contributed by atoms with Gasteiger partial charge in [0.1, 0.15) is 5.60 Å². The molecule has 0 radical (unpaired) electrons. The summed E-state index contributed by atoms with van der Waals surface area (Å²) in [7, 11) is 0. The van der Waals surface area contributed by atoms with Crippen molar-refractivity contribution >= 4 is 12.0 Å². The highest BCUT2D eigenvalue weighted by molar-refractivity contribution is 5.94. The lowest BCUT2D eigenvalue weighted by molar-refractivity contribution is 0.0224. The van der Waals surface area contributed by atoms with Crippen molar-refractivity contribution in [1.29, 1.82) is 0 Å². The van der Waals surface area contributed by atoms with E-state index in [-0.39, 0.29) is 12.0 Å². The number of nitrogens with zero attached hydrogens (tertiary/aromatic N) is 2. The van der Waals surface area contributed by atoms with E-state index >= 15 is 0 Å². The Hall–Kier alpha value is -2.04. The molecule has 3 rings (SSSR count). The van der Waals surface area contributed by atoms with Gasteiger partial charge in [-0.2, -0.15) is 0 Å². The molecule has 1 aromatic carbocycles. The molecule has 0 bridgehead atoms. The lowest BCUT2D eigenvalue weighted by Gasteiger charge is -2.31. The maximum Gasteiger partial charge on any atom is 0.410 e. The summed E-state index contributed by atoms with van der Waals surface area (Å²) in [5, 5.41) is 0. The Labute approximate surface area is 143 Å². The molecule has 5 heteroatoms. The van der Waals surface area contributed by atoms with Crippen LogP contribution >= 0.6 is 0 Å². The molecule has 0 unspecified atom stereocenters. The molecule has 1 saturated heterocycles. The minimum absolute atomic E-state index is 0.102. The SMILES string of the molecule is CC(C)(C)OC(=O)N1CCc2ccc(C(=O)N3CCCC3)cc2C1. The van der Waals surface area contributed by atoms with Gasteiger partial charge in [-0.3, -0.25) is 4.79 Å². The van der Waals surface area contributed by atoms with Gasteiger partial charge in [0.25, 0.3) is 5.91 Å². The number of amides is 2. The summed E-state index contributed by atoms with van der Waals surface area (Å²) in [6.07, 6.45) is 2.68. The smallest absolute Gasteiger partial charge is 0.410 e. The van der Waals surface area contributed by atoms with Crippen LogP contribution in [0.2, 0.25) is 0 Å². The number of rotatable bonds is 1. The van der Waals surface area contributed by atoms with E-state index in [4.69, 9.17) is 4.74 Å². The highest BCUT2D eigenvalue weighted by Gasteiger charge is 2.27. The van der Waals surface area contributed by atoms with Crippen LogP contribution in [0.3, 0.4) is 0 Å². The van der Waals surface area contributed by atoms with Gasteiger partial charge in [-0.15, -0.1) is 0 Å². The first-order valence-electron chi connectivity index (χ1n) is 8.72. The molecular weight excluding hydrogens is 304 g/mol. The molecule has 130 valence electrons. The molecule has 2 aliphatic heterocycles. The van der Waals surface area contributed by atoms with E-state index in [0.717, 1.165) is 43.5 Å². The number of likely N-dealkylation sites (tertiary alicyclic amines) is 1. The number of hydrogen-bond donors (Lipinski definition) is 0. The number of benzene rings is 1. The predicted molar refractivity (Wildman–Crippen MR) is 91.9 cm³/mol. The lowest BCUT2D eigenvalue weighted by Crippen LogP contribution is -2.40. The average molecular weight is 330 g/mol. The van der Waals surface area contributed by atoms with Crippen LogP contribution in [0, 0.1) is 0 Å². The van der Waals surface area contributed by atoms with E-state index in [1.807, 2.05) is 43.9 Å². The Morgan fingerprint density at radius 1 is 1.00 bits per heavy atom. The van der Waals surface area contributed by atoms with E-state index in [0.29, 0.717) is 13.1 Å². The number of fused-ring (bicyclic) bond motifs is 1. The zero-order chi connectivity index (χ0) is 17.3. The molecule has 2 heterocycles. The van der Waals surface area contributed by atoms with Gasteiger partial charge in [0, 0.05) is 31.7 Å². The van der Waals surface area contributed by atoms with Crippen LogP contribution in [-0.4, -0.2) is 47.0 Å². The summed E-state index contributed by atoms with van der Waals surface area (Å²) < 4.78 is 5.46. The van der Waals surface area contributed by atoms with Crippen LogP contribution in [0.5, 0.6) is 0 Å². The van der Waals surface area contributed by atoms with Crippen molar-refractivity contribution in [2.24, 2.45) is 0 Å². The van der Waals surface area contributed by atoms with Crippen molar-refractivity contribution in [2.45, 2.75) is 52.2 Å². The average Bonchev–Trinajstić information content (AvgIpc) is 3.06. The van der Waals surface area contributed by atoms with Gasteiger partial charge in [-0.25, -0.2) is 4.79 Å². The van der Waals surface area contributed by atoms with Crippen molar-refractivity contribution in [3.63, 3.8) is 0 Å². The van der Waals surface area contributed by atoms with E-state index in [1.165, 1.54) is 5.56 Å². The maximum absolute atomic E-state index is 12.6. The molecule has 0 N–H and O–H groups in total. The van der Waals surface area contributed by atoms with Gasteiger partial charge in [-0.1, -0.05) is 6.07 Å². The maximum atomic E-state index is 12.6. The molecule has 2 aliphatic rings. The summed E-state index contributed by atoms with van der Waals surface area (Å²) in [4.78, 5) is 28.5. The zero-order valence-corrected chi connectivity index (χ0v) is 14.8. The second-order valence-electron chi connectivity index (χ2n) is 7.63. The molecule has 0 saturated carbocycles. The van der Waals surface area contributed by atoms with Gasteiger partial charge in [0.05, 0.1) is 0 Å². The van der Waals surface area contributed by atoms with E-state index < -0.39 is 5.60 Å². The molecular formula is C19H26N2O3.